The second-order valence-corrected chi connectivity index (χ2v) is 6.08. The van der Waals surface area contributed by atoms with Gasteiger partial charge in [0.1, 0.15) is 0 Å². The number of amides is 1. The van der Waals surface area contributed by atoms with Crippen LogP contribution in [0.1, 0.15) is 46.5 Å². The maximum absolute atomic E-state index is 12.0. The fourth-order valence-electron chi connectivity index (χ4n) is 2.67. The summed E-state index contributed by atoms with van der Waals surface area (Å²) in [6, 6.07) is 0. The summed E-state index contributed by atoms with van der Waals surface area (Å²) in [5, 5.41) is 0. The standard InChI is InChI=1S/C12H21NO/c1-11(2,3)10(14)13-8-7-12(9-13)5-4-6-12/h4-9H2,1-3H3. The molecule has 80 valence electrons. The second-order valence-electron chi connectivity index (χ2n) is 6.08. The smallest absolute Gasteiger partial charge is 0.227 e. The summed E-state index contributed by atoms with van der Waals surface area (Å²) in [4.78, 5) is 14.1. The van der Waals surface area contributed by atoms with Crippen molar-refractivity contribution in [1.82, 2.24) is 4.90 Å². The topological polar surface area (TPSA) is 20.3 Å². The van der Waals surface area contributed by atoms with Crippen LogP contribution in [0.3, 0.4) is 0 Å². The molecule has 0 N–H and O–H groups in total. The average Bonchev–Trinajstić information content (AvgIpc) is 2.44. The highest BCUT2D eigenvalue weighted by molar-refractivity contribution is 5.81. The van der Waals surface area contributed by atoms with Gasteiger partial charge >= 0.3 is 0 Å². The van der Waals surface area contributed by atoms with Crippen molar-refractivity contribution in [3.8, 4) is 0 Å². The SMILES string of the molecule is CC(C)(C)C(=O)N1CCC2(CCC2)C1. The predicted octanol–water partition coefficient (Wildman–Crippen LogP) is 2.44. The zero-order valence-electron chi connectivity index (χ0n) is 9.60. The molecular weight excluding hydrogens is 174 g/mol. The highest BCUT2D eigenvalue weighted by Crippen LogP contribution is 2.48. The molecule has 1 spiro atoms. The maximum atomic E-state index is 12.0. The van der Waals surface area contributed by atoms with E-state index in [0.717, 1.165) is 13.1 Å². The van der Waals surface area contributed by atoms with Gasteiger partial charge in [-0.15, -0.1) is 0 Å². The van der Waals surface area contributed by atoms with Gasteiger partial charge < -0.3 is 4.90 Å². The van der Waals surface area contributed by atoms with Crippen molar-refractivity contribution in [2.75, 3.05) is 13.1 Å². The molecule has 14 heavy (non-hydrogen) atoms. The average molecular weight is 195 g/mol. The van der Waals surface area contributed by atoms with Gasteiger partial charge in [-0.25, -0.2) is 0 Å². The Hall–Kier alpha value is -0.530. The van der Waals surface area contributed by atoms with Crippen LogP contribution < -0.4 is 0 Å². The van der Waals surface area contributed by atoms with E-state index in [0.29, 0.717) is 11.3 Å². The maximum Gasteiger partial charge on any atom is 0.227 e. The minimum absolute atomic E-state index is 0.199. The number of carbonyl (C=O) groups excluding carboxylic acids is 1. The number of likely N-dealkylation sites (tertiary alicyclic amines) is 1. The lowest BCUT2D eigenvalue weighted by Crippen LogP contribution is -2.40. The molecule has 1 saturated heterocycles. The molecule has 0 aromatic carbocycles. The van der Waals surface area contributed by atoms with Crippen LogP contribution >= 0.6 is 0 Å². The largest absolute Gasteiger partial charge is 0.342 e. The lowest BCUT2D eigenvalue weighted by atomic mass is 9.68. The molecule has 0 radical (unpaired) electrons. The van der Waals surface area contributed by atoms with E-state index in [4.69, 9.17) is 0 Å². The van der Waals surface area contributed by atoms with E-state index >= 15 is 0 Å². The summed E-state index contributed by atoms with van der Waals surface area (Å²) in [6.07, 6.45) is 5.31. The third-order valence-corrected chi connectivity index (χ3v) is 3.78. The van der Waals surface area contributed by atoms with Crippen molar-refractivity contribution >= 4 is 5.91 Å². The lowest BCUT2D eigenvalue weighted by molar-refractivity contribution is -0.139. The Balaban J connectivity index is 1.98. The van der Waals surface area contributed by atoms with E-state index in [1.165, 1.54) is 25.7 Å². The summed E-state index contributed by atoms with van der Waals surface area (Å²) < 4.78 is 0. The van der Waals surface area contributed by atoms with Gasteiger partial charge in [0.25, 0.3) is 0 Å². The van der Waals surface area contributed by atoms with Crippen molar-refractivity contribution in [2.45, 2.75) is 46.5 Å². The first-order chi connectivity index (χ1) is 6.43. The summed E-state index contributed by atoms with van der Waals surface area (Å²) >= 11 is 0. The molecule has 0 aromatic heterocycles. The van der Waals surface area contributed by atoms with Gasteiger partial charge in [0.15, 0.2) is 0 Å². The molecule has 1 saturated carbocycles. The minimum atomic E-state index is -0.199. The van der Waals surface area contributed by atoms with Crippen LogP contribution in [-0.4, -0.2) is 23.9 Å². The van der Waals surface area contributed by atoms with Crippen LogP contribution in [0.4, 0.5) is 0 Å². The molecule has 0 atom stereocenters. The third kappa shape index (κ3) is 1.55. The third-order valence-electron chi connectivity index (χ3n) is 3.78. The highest BCUT2D eigenvalue weighted by atomic mass is 16.2. The van der Waals surface area contributed by atoms with Crippen LogP contribution in [0.2, 0.25) is 0 Å². The van der Waals surface area contributed by atoms with Crippen molar-refractivity contribution < 1.29 is 4.79 Å². The molecule has 1 amide bonds. The Kier molecular flexibility index (Phi) is 2.13. The van der Waals surface area contributed by atoms with Gasteiger partial charge in [-0.05, 0) is 24.7 Å². The number of rotatable bonds is 0. The van der Waals surface area contributed by atoms with Crippen LogP contribution in [0, 0.1) is 10.8 Å². The Labute approximate surface area is 86.7 Å². The van der Waals surface area contributed by atoms with Crippen molar-refractivity contribution in [2.24, 2.45) is 10.8 Å². The summed E-state index contributed by atoms with van der Waals surface area (Å²) in [7, 11) is 0. The van der Waals surface area contributed by atoms with Gasteiger partial charge in [0, 0.05) is 18.5 Å². The Morgan fingerprint density at radius 1 is 1.21 bits per heavy atom. The summed E-state index contributed by atoms with van der Waals surface area (Å²) in [6.45, 7) is 8.07. The van der Waals surface area contributed by atoms with E-state index in [1.807, 2.05) is 20.8 Å². The van der Waals surface area contributed by atoms with Crippen molar-refractivity contribution in [3.05, 3.63) is 0 Å². The van der Waals surface area contributed by atoms with Gasteiger partial charge in [-0.2, -0.15) is 0 Å². The number of carbonyl (C=O) groups is 1. The first-order valence-electron chi connectivity index (χ1n) is 5.72. The molecule has 0 unspecified atom stereocenters. The van der Waals surface area contributed by atoms with Crippen molar-refractivity contribution in [1.29, 1.82) is 0 Å². The van der Waals surface area contributed by atoms with E-state index in [1.54, 1.807) is 0 Å². The van der Waals surface area contributed by atoms with Gasteiger partial charge in [0.05, 0.1) is 0 Å². The molecule has 2 aliphatic rings. The highest BCUT2D eigenvalue weighted by Gasteiger charge is 2.45. The molecule has 0 bridgehead atoms. The van der Waals surface area contributed by atoms with Crippen LogP contribution in [0.5, 0.6) is 0 Å². The molecule has 2 fully saturated rings. The van der Waals surface area contributed by atoms with E-state index in [9.17, 15) is 4.79 Å². The summed E-state index contributed by atoms with van der Waals surface area (Å²) in [5.74, 6) is 0.335. The number of hydrogen-bond acceptors (Lipinski definition) is 1. The van der Waals surface area contributed by atoms with Gasteiger partial charge in [-0.1, -0.05) is 27.2 Å². The second kappa shape index (κ2) is 2.98. The minimum Gasteiger partial charge on any atom is -0.342 e. The fraction of sp³-hybridized carbons (Fsp3) is 0.917. The quantitative estimate of drug-likeness (QED) is 0.581. The fourth-order valence-corrected chi connectivity index (χ4v) is 2.67. The molecule has 2 nitrogen and oxygen atoms in total. The first-order valence-corrected chi connectivity index (χ1v) is 5.72. The van der Waals surface area contributed by atoms with Crippen LogP contribution in [0.25, 0.3) is 0 Å². The molecule has 0 aromatic rings. The lowest BCUT2D eigenvalue weighted by Gasteiger charge is -2.38. The van der Waals surface area contributed by atoms with E-state index in [-0.39, 0.29) is 5.41 Å². The first kappa shape index (κ1) is 10.0. The molecule has 1 aliphatic carbocycles. The Morgan fingerprint density at radius 2 is 1.86 bits per heavy atom. The number of nitrogens with zero attached hydrogens (tertiary/aromatic N) is 1. The Bertz CT molecular complexity index is 248. The molecular formula is C12H21NO. The summed E-state index contributed by atoms with van der Waals surface area (Å²) in [5.41, 5.74) is 0.343. The van der Waals surface area contributed by atoms with E-state index in [2.05, 4.69) is 4.90 Å². The van der Waals surface area contributed by atoms with Crippen molar-refractivity contribution in [3.63, 3.8) is 0 Å². The molecule has 2 rings (SSSR count). The normalized spacial score (nSPS) is 25.2. The zero-order chi connectivity index (χ0) is 10.4. The van der Waals surface area contributed by atoms with Gasteiger partial charge in [0.2, 0.25) is 5.91 Å². The van der Waals surface area contributed by atoms with Crippen LogP contribution in [0.15, 0.2) is 0 Å². The molecule has 1 heterocycles. The van der Waals surface area contributed by atoms with E-state index < -0.39 is 0 Å². The molecule has 1 aliphatic heterocycles. The van der Waals surface area contributed by atoms with Crippen LogP contribution in [-0.2, 0) is 4.79 Å². The predicted molar refractivity (Wildman–Crippen MR) is 56.9 cm³/mol. The van der Waals surface area contributed by atoms with Gasteiger partial charge in [-0.3, -0.25) is 4.79 Å². The zero-order valence-corrected chi connectivity index (χ0v) is 9.60. The molecule has 2 heteroatoms. The monoisotopic (exact) mass is 195 g/mol. The number of hydrogen-bond donors (Lipinski definition) is 0. The Morgan fingerprint density at radius 3 is 2.21 bits per heavy atom.